The molecule has 2 aromatic rings. The predicted molar refractivity (Wildman–Crippen MR) is 96.5 cm³/mol. The van der Waals surface area contributed by atoms with Gasteiger partial charge in [-0.25, -0.2) is 4.68 Å². The van der Waals surface area contributed by atoms with Crippen LogP contribution < -0.4 is 5.32 Å². The Balaban J connectivity index is 2.00. The first-order chi connectivity index (χ1) is 11.5. The van der Waals surface area contributed by atoms with E-state index in [4.69, 9.17) is 23.2 Å². The number of likely N-dealkylation sites (N-methyl/N-ethyl adjacent to an activating group) is 2. The fourth-order valence-electron chi connectivity index (χ4n) is 3.02. The summed E-state index contributed by atoms with van der Waals surface area (Å²) in [5.74, 6) is -0.0489. The second kappa shape index (κ2) is 7.13. The fraction of sp³-hybridized carbons (Fsp3) is 0.412. The van der Waals surface area contributed by atoms with Gasteiger partial charge in [0.1, 0.15) is 0 Å². The van der Waals surface area contributed by atoms with Gasteiger partial charge in [-0.05, 0) is 44.5 Å². The Bertz CT molecular complexity index is 772. The summed E-state index contributed by atoms with van der Waals surface area (Å²) in [6.07, 6.45) is 2.80. The van der Waals surface area contributed by atoms with Gasteiger partial charge in [-0.1, -0.05) is 23.2 Å². The van der Waals surface area contributed by atoms with Crippen LogP contribution in [0.1, 0.15) is 28.2 Å². The van der Waals surface area contributed by atoms with Gasteiger partial charge in [-0.2, -0.15) is 5.10 Å². The average molecular weight is 367 g/mol. The molecule has 3 rings (SSSR count). The molecule has 0 aliphatic heterocycles. The van der Waals surface area contributed by atoms with Crippen molar-refractivity contribution in [3.63, 3.8) is 0 Å². The van der Waals surface area contributed by atoms with Crippen LogP contribution >= 0.6 is 23.2 Å². The van der Waals surface area contributed by atoms with Gasteiger partial charge in [0.15, 0.2) is 5.69 Å². The quantitative estimate of drug-likeness (QED) is 0.884. The molecule has 0 spiro atoms. The molecule has 1 amide bonds. The number of carbonyl (C=O) groups excluding carboxylic acids is 1. The molecule has 0 atom stereocenters. The predicted octanol–water partition coefficient (Wildman–Crippen LogP) is 2.96. The number of nitrogens with one attached hydrogen (secondary N) is 1. The summed E-state index contributed by atoms with van der Waals surface area (Å²) in [4.78, 5) is 14.5. The molecule has 1 aliphatic rings. The number of halogens is 2. The van der Waals surface area contributed by atoms with Crippen LogP contribution in [0, 0.1) is 0 Å². The van der Waals surface area contributed by atoms with Crippen LogP contribution in [-0.2, 0) is 12.8 Å². The first-order valence-corrected chi connectivity index (χ1v) is 8.74. The molecule has 0 fully saturated rings. The fourth-order valence-corrected chi connectivity index (χ4v) is 3.51. The molecule has 7 heteroatoms. The van der Waals surface area contributed by atoms with Crippen LogP contribution in [0.25, 0.3) is 5.69 Å². The van der Waals surface area contributed by atoms with E-state index in [1.54, 1.807) is 28.8 Å². The minimum Gasteiger partial charge on any atom is -0.339 e. The minimum absolute atomic E-state index is 0.0489. The van der Waals surface area contributed by atoms with Crippen molar-refractivity contribution in [1.29, 1.82) is 0 Å². The lowest BCUT2D eigenvalue weighted by Gasteiger charge is -2.16. The van der Waals surface area contributed by atoms with Gasteiger partial charge in [0.05, 0.1) is 10.7 Å². The summed E-state index contributed by atoms with van der Waals surface area (Å²) in [5.41, 5.74) is 3.41. The summed E-state index contributed by atoms with van der Waals surface area (Å²) in [6.45, 7) is 1.38. The summed E-state index contributed by atoms with van der Waals surface area (Å²) >= 11 is 12.3. The Kier molecular flexibility index (Phi) is 5.13. The molecule has 1 aromatic heterocycles. The molecule has 0 unspecified atom stereocenters. The van der Waals surface area contributed by atoms with Gasteiger partial charge in [0.2, 0.25) is 0 Å². The van der Waals surface area contributed by atoms with Gasteiger partial charge in [-0.3, -0.25) is 4.79 Å². The number of rotatable bonds is 5. The third kappa shape index (κ3) is 3.16. The van der Waals surface area contributed by atoms with E-state index < -0.39 is 0 Å². The third-order valence-electron chi connectivity index (χ3n) is 4.31. The van der Waals surface area contributed by atoms with E-state index in [1.807, 2.05) is 13.1 Å². The average Bonchev–Trinajstić information content (AvgIpc) is 3.15. The molecule has 5 nitrogen and oxygen atoms in total. The highest BCUT2D eigenvalue weighted by Crippen LogP contribution is 2.31. The Hall–Kier alpha value is -1.56. The molecule has 24 heavy (non-hydrogen) atoms. The molecule has 1 aromatic carbocycles. The van der Waals surface area contributed by atoms with Gasteiger partial charge >= 0.3 is 0 Å². The van der Waals surface area contributed by atoms with Gasteiger partial charge in [0, 0.05) is 36.4 Å². The van der Waals surface area contributed by atoms with Crippen molar-refractivity contribution in [3.8, 4) is 5.69 Å². The summed E-state index contributed by atoms with van der Waals surface area (Å²) < 4.78 is 1.81. The highest BCUT2D eigenvalue weighted by molar-refractivity contribution is 6.35. The van der Waals surface area contributed by atoms with E-state index >= 15 is 0 Å². The van der Waals surface area contributed by atoms with E-state index in [1.165, 1.54) is 0 Å². The van der Waals surface area contributed by atoms with Crippen molar-refractivity contribution in [2.75, 3.05) is 27.2 Å². The molecular formula is C17H20Cl2N4O. The lowest BCUT2D eigenvalue weighted by atomic mass is 10.2. The standard InChI is InChI=1S/C17H20Cl2N4O/c1-20-8-9-22(2)17(24)16-12-4-3-5-14(12)23(21-16)15-7-6-11(18)10-13(15)19/h6-7,10,20H,3-5,8-9H2,1-2H3. The SMILES string of the molecule is CNCCN(C)C(=O)c1nn(-c2ccc(Cl)cc2Cl)c2c1CCC2. The smallest absolute Gasteiger partial charge is 0.274 e. The van der Waals surface area contributed by atoms with E-state index in [2.05, 4.69) is 10.4 Å². The van der Waals surface area contributed by atoms with E-state index in [-0.39, 0.29) is 5.91 Å². The van der Waals surface area contributed by atoms with Crippen LogP contribution in [0.3, 0.4) is 0 Å². The first-order valence-electron chi connectivity index (χ1n) is 7.99. The highest BCUT2D eigenvalue weighted by Gasteiger charge is 2.28. The lowest BCUT2D eigenvalue weighted by molar-refractivity contribution is 0.0789. The molecule has 0 radical (unpaired) electrons. The number of fused-ring (bicyclic) bond motifs is 1. The molecule has 1 N–H and O–H groups in total. The minimum atomic E-state index is -0.0489. The number of aromatic nitrogens is 2. The third-order valence-corrected chi connectivity index (χ3v) is 4.85. The van der Waals surface area contributed by atoms with Crippen molar-refractivity contribution < 1.29 is 4.79 Å². The number of amides is 1. The van der Waals surface area contributed by atoms with Crippen LogP contribution in [-0.4, -0.2) is 47.8 Å². The van der Waals surface area contributed by atoms with E-state index in [0.29, 0.717) is 22.3 Å². The van der Waals surface area contributed by atoms with Crippen molar-refractivity contribution in [2.24, 2.45) is 0 Å². The molecule has 128 valence electrons. The van der Waals surface area contributed by atoms with Crippen LogP contribution in [0.2, 0.25) is 10.0 Å². The zero-order valence-electron chi connectivity index (χ0n) is 13.8. The number of hydrogen-bond donors (Lipinski definition) is 1. The molecule has 0 bridgehead atoms. The Labute approximate surface area is 151 Å². The Morgan fingerprint density at radius 2 is 2.17 bits per heavy atom. The van der Waals surface area contributed by atoms with E-state index in [9.17, 15) is 4.79 Å². The number of benzene rings is 1. The van der Waals surface area contributed by atoms with Crippen molar-refractivity contribution in [2.45, 2.75) is 19.3 Å². The van der Waals surface area contributed by atoms with Crippen LogP contribution in [0.15, 0.2) is 18.2 Å². The first kappa shape index (κ1) is 17.3. The second-order valence-corrected chi connectivity index (χ2v) is 6.81. The normalized spacial score (nSPS) is 13.2. The molecule has 1 heterocycles. The maximum atomic E-state index is 12.8. The number of carbonyl (C=O) groups is 1. The van der Waals surface area contributed by atoms with Crippen LogP contribution in [0.4, 0.5) is 0 Å². The van der Waals surface area contributed by atoms with Crippen molar-refractivity contribution in [3.05, 3.63) is 45.2 Å². The largest absolute Gasteiger partial charge is 0.339 e. The van der Waals surface area contributed by atoms with Crippen molar-refractivity contribution >= 4 is 29.1 Å². The van der Waals surface area contributed by atoms with Crippen LogP contribution in [0.5, 0.6) is 0 Å². The zero-order chi connectivity index (χ0) is 17.3. The van der Waals surface area contributed by atoms with E-state index in [0.717, 1.165) is 42.8 Å². The summed E-state index contributed by atoms with van der Waals surface area (Å²) in [7, 11) is 3.67. The summed E-state index contributed by atoms with van der Waals surface area (Å²) in [6, 6.07) is 5.32. The molecular weight excluding hydrogens is 347 g/mol. The van der Waals surface area contributed by atoms with Gasteiger partial charge in [0.25, 0.3) is 5.91 Å². The van der Waals surface area contributed by atoms with Crippen molar-refractivity contribution in [1.82, 2.24) is 20.0 Å². The molecule has 0 saturated carbocycles. The molecule has 0 saturated heterocycles. The lowest BCUT2D eigenvalue weighted by Crippen LogP contribution is -2.33. The number of nitrogens with zero attached hydrogens (tertiary/aromatic N) is 3. The maximum Gasteiger partial charge on any atom is 0.274 e. The Morgan fingerprint density at radius 1 is 1.38 bits per heavy atom. The maximum absolute atomic E-state index is 12.8. The zero-order valence-corrected chi connectivity index (χ0v) is 15.3. The molecule has 1 aliphatic carbocycles. The highest BCUT2D eigenvalue weighted by atomic mass is 35.5. The summed E-state index contributed by atoms with van der Waals surface area (Å²) in [5, 5.41) is 8.76. The monoisotopic (exact) mass is 366 g/mol. The van der Waals surface area contributed by atoms with Gasteiger partial charge < -0.3 is 10.2 Å². The second-order valence-electron chi connectivity index (χ2n) is 5.97. The number of hydrogen-bond acceptors (Lipinski definition) is 3. The topological polar surface area (TPSA) is 50.2 Å². The Morgan fingerprint density at radius 3 is 2.88 bits per heavy atom. The van der Waals surface area contributed by atoms with Gasteiger partial charge in [-0.15, -0.1) is 0 Å².